The molecule has 6 heteroatoms. The third-order valence-electron chi connectivity index (χ3n) is 2.61. The number of nitrogens with one attached hydrogen (secondary N) is 1. The molecular weight excluding hydrogens is 247 g/mol. The van der Waals surface area contributed by atoms with Crippen LogP contribution in [0.25, 0.3) is 0 Å². The smallest absolute Gasteiger partial charge is 0.254 e. The Balaban J connectivity index is 1.97. The Bertz CT molecular complexity index is 422. The van der Waals surface area contributed by atoms with Crippen molar-refractivity contribution in [3.63, 3.8) is 0 Å². The Kier molecular flexibility index (Phi) is 3.91. The molecule has 1 aromatic heterocycles. The summed E-state index contributed by atoms with van der Waals surface area (Å²) in [6.45, 7) is 1.11. The molecule has 0 aromatic carbocycles. The van der Waals surface area contributed by atoms with Gasteiger partial charge in [-0.2, -0.15) is 0 Å². The highest BCUT2D eigenvalue weighted by Crippen LogP contribution is 2.15. The molecule has 1 N–H and O–H groups in total. The maximum absolute atomic E-state index is 13.5. The summed E-state index contributed by atoms with van der Waals surface area (Å²) in [6, 6.07) is 1.30. The predicted octanol–water partition coefficient (Wildman–Crippen LogP) is 1.78. The number of carbonyl (C=O) groups excluding carboxylic acids is 1. The molecule has 0 aliphatic carbocycles. The van der Waals surface area contributed by atoms with E-state index in [1.165, 1.54) is 12.3 Å². The van der Waals surface area contributed by atoms with Gasteiger partial charge in [0.25, 0.3) is 5.91 Å². The molecular formula is C11H12ClFN2O2. The lowest BCUT2D eigenvalue weighted by atomic mass is 10.2. The minimum absolute atomic E-state index is 0.0271. The van der Waals surface area contributed by atoms with E-state index in [1.807, 2.05) is 0 Å². The van der Waals surface area contributed by atoms with Gasteiger partial charge in [-0.15, -0.1) is 0 Å². The van der Waals surface area contributed by atoms with Gasteiger partial charge in [0.1, 0.15) is 0 Å². The number of hydrogen-bond acceptors (Lipinski definition) is 3. The van der Waals surface area contributed by atoms with Crippen LogP contribution in [-0.2, 0) is 4.74 Å². The molecule has 1 fully saturated rings. The first kappa shape index (κ1) is 12.3. The van der Waals surface area contributed by atoms with Crippen molar-refractivity contribution >= 4 is 17.5 Å². The van der Waals surface area contributed by atoms with E-state index >= 15 is 0 Å². The molecule has 1 aliphatic rings. The quantitative estimate of drug-likeness (QED) is 0.841. The van der Waals surface area contributed by atoms with Gasteiger partial charge < -0.3 is 10.1 Å². The molecule has 1 amide bonds. The van der Waals surface area contributed by atoms with Gasteiger partial charge in [0.05, 0.1) is 11.7 Å². The van der Waals surface area contributed by atoms with Gasteiger partial charge in [-0.3, -0.25) is 4.79 Å². The number of halogens is 2. The Hall–Kier alpha value is -1.20. The zero-order valence-electron chi connectivity index (χ0n) is 9.08. The first-order chi connectivity index (χ1) is 8.18. The fraction of sp³-hybridized carbons (Fsp3) is 0.455. The van der Waals surface area contributed by atoms with Crippen molar-refractivity contribution in [3.05, 3.63) is 28.8 Å². The molecule has 1 unspecified atom stereocenters. The Labute approximate surface area is 103 Å². The van der Waals surface area contributed by atoms with Gasteiger partial charge in [0.15, 0.2) is 11.0 Å². The molecule has 1 aliphatic heterocycles. The molecule has 17 heavy (non-hydrogen) atoms. The van der Waals surface area contributed by atoms with E-state index in [0.29, 0.717) is 6.54 Å². The van der Waals surface area contributed by atoms with Gasteiger partial charge in [-0.1, -0.05) is 11.6 Å². The molecule has 0 saturated carbocycles. The summed E-state index contributed by atoms with van der Waals surface area (Å²) in [5, 5.41) is 2.32. The van der Waals surface area contributed by atoms with Crippen LogP contribution in [0.1, 0.15) is 23.2 Å². The number of ether oxygens (including phenoxy) is 1. The van der Waals surface area contributed by atoms with Gasteiger partial charge in [0, 0.05) is 19.3 Å². The molecule has 2 heterocycles. The van der Waals surface area contributed by atoms with Crippen LogP contribution >= 0.6 is 11.6 Å². The summed E-state index contributed by atoms with van der Waals surface area (Å²) >= 11 is 5.49. The van der Waals surface area contributed by atoms with Crippen LogP contribution in [-0.4, -0.2) is 30.1 Å². The average molecular weight is 259 g/mol. The molecule has 92 valence electrons. The highest BCUT2D eigenvalue weighted by molar-refractivity contribution is 6.29. The normalized spacial score (nSPS) is 19.3. The van der Waals surface area contributed by atoms with Crippen LogP contribution < -0.4 is 5.32 Å². The van der Waals surface area contributed by atoms with E-state index in [9.17, 15) is 9.18 Å². The average Bonchev–Trinajstić information content (AvgIpc) is 2.82. The molecule has 0 bridgehead atoms. The number of carbonyl (C=O) groups is 1. The van der Waals surface area contributed by atoms with E-state index in [2.05, 4.69) is 10.3 Å². The van der Waals surface area contributed by atoms with Crippen LogP contribution in [0.5, 0.6) is 0 Å². The molecule has 1 aromatic rings. The number of aromatic nitrogens is 1. The number of amides is 1. The highest BCUT2D eigenvalue weighted by Gasteiger charge is 2.19. The van der Waals surface area contributed by atoms with Crippen LogP contribution in [0.2, 0.25) is 5.15 Å². The lowest BCUT2D eigenvalue weighted by Gasteiger charge is -2.11. The largest absolute Gasteiger partial charge is 0.376 e. The summed E-state index contributed by atoms with van der Waals surface area (Å²) in [5.41, 5.74) is -0.0944. The fourth-order valence-corrected chi connectivity index (χ4v) is 1.86. The van der Waals surface area contributed by atoms with Gasteiger partial charge >= 0.3 is 0 Å². The van der Waals surface area contributed by atoms with Crippen LogP contribution in [0.15, 0.2) is 12.3 Å². The minimum atomic E-state index is -0.793. The van der Waals surface area contributed by atoms with Crippen LogP contribution in [0.4, 0.5) is 4.39 Å². The summed E-state index contributed by atoms with van der Waals surface area (Å²) in [4.78, 5) is 15.2. The summed E-state index contributed by atoms with van der Waals surface area (Å²) < 4.78 is 18.8. The molecule has 1 saturated heterocycles. The van der Waals surface area contributed by atoms with Gasteiger partial charge in [-0.05, 0) is 18.9 Å². The SMILES string of the molecule is O=C(NCC1CCCO1)c1ccnc(Cl)c1F. The zero-order valence-corrected chi connectivity index (χ0v) is 9.84. The van der Waals surface area contributed by atoms with E-state index in [1.54, 1.807) is 0 Å². The molecule has 2 rings (SSSR count). The summed E-state index contributed by atoms with van der Waals surface area (Å²) in [5.74, 6) is -1.29. The Morgan fingerprint density at radius 1 is 1.71 bits per heavy atom. The first-order valence-electron chi connectivity index (χ1n) is 5.38. The Morgan fingerprint density at radius 2 is 2.53 bits per heavy atom. The van der Waals surface area contributed by atoms with Crippen molar-refractivity contribution in [2.45, 2.75) is 18.9 Å². The highest BCUT2D eigenvalue weighted by atomic mass is 35.5. The van der Waals surface area contributed by atoms with Gasteiger partial charge in [-0.25, -0.2) is 9.37 Å². The second kappa shape index (κ2) is 5.42. The van der Waals surface area contributed by atoms with Crippen molar-refractivity contribution in [3.8, 4) is 0 Å². The third-order valence-corrected chi connectivity index (χ3v) is 2.87. The van der Waals surface area contributed by atoms with Crippen molar-refractivity contribution in [1.29, 1.82) is 0 Å². The predicted molar refractivity (Wildman–Crippen MR) is 60.5 cm³/mol. The lowest BCUT2D eigenvalue weighted by Crippen LogP contribution is -2.32. The summed E-state index contributed by atoms with van der Waals surface area (Å²) in [7, 11) is 0. The molecule has 0 spiro atoms. The number of pyridine rings is 1. The Morgan fingerprint density at radius 3 is 3.24 bits per heavy atom. The minimum Gasteiger partial charge on any atom is -0.376 e. The lowest BCUT2D eigenvalue weighted by molar-refractivity contribution is 0.0854. The topological polar surface area (TPSA) is 51.2 Å². The van der Waals surface area contributed by atoms with Gasteiger partial charge in [0.2, 0.25) is 0 Å². The molecule has 1 atom stereocenters. The van der Waals surface area contributed by atoms with Crippen molar-refractivity contribution in [2.75, 3.05) is 13.2 Å². The maximum Gasteiger partial charge on any atom is 0.254 e. The second-order valence-electron chi connectivity index (χ2n) is 3.81. The monoisotopic (exact) mass is 258 g/mol. The van der Waals surface area contributed by atoms with Crippen LogP contribution in [0.3, 0.4) is 0 Å². The van der Waals surface area contributed by atoms with Crippen molar-refractivity contribution in [2.24, 2.45) is 0 Å². The first-order valence-corrected chi connectivity index (χ1v) is 5.76. The number of nitrogens with zero attached hydrogens (tertiary/aromatic N) is 1. The number of hydrogen-bond donors (Lipinski definition) is 1. The van der Waals surface area contributed by atoms with E-state index in [4.69, 9.17) is 16.3 Å². The zero-order chi connectivity index (χ0) is 12.3. The van der Waals surface area contributed by atoms with Crippen molar-refractivity contribution < 1.29 is 13.9 Å². The third kappa shape index (κ3) is 2.92. The summed E-state index contributed by atoms with van der Waals surface area (Å²) in [6.07, 6.45) is 3.24. The fourth-order valence-electron chi connectivity index (χ4n) is 1.70. The maximum atomic E-state index is 13.5. The molecule has 0 radical (unpaired) electrons. The van der Waals surface area contributed by atoms with Crippen LogP contribution in [0, 0.1) is 5.82 Å². The standard InChI is InChI=1S/C11H12ClFN2O2/c12-10-9(13)8(3-4-14-10)11(16)15-6-7-2-1-5-17-7/h3-4,7H,1-2,5-6H2,(H,15,16). The number of rotatable bonds is 3. The van der Waals surface area contributed by atoms with E-state index in [0.717, 1.165) is 19.4 Å². The van der Waals surface area contributed by atoms with Crippen molar-refractivity contribution in [1.82, 2.24) is 10.3 Å². The van der Waals surface area contributed by atoms with E-state index in [-0.39, 0.29) is 16.8 Å². The second-order valence-corrected chi connectivity index (χ2v) is 4.17. The van der Waals surface area contributed by atoms with E-state index < -0.39 is 11.7 Å². The molecule has 4 nitrogen and oxygen atoms in total.